The molecular weight excluding hydrogens is 476 g/mol. The summed E-state index contributed by atoms with van der Waals surface area (Å²) in [5, 5.41) is 5.84. The first-order chi connectivity index (χ1) is 17.4. The molecule has 0 unspecified atom stereocenters. The SMILES string of the molecule is O=C(NCc1ccc(S(=O)(=O)c2cccc(C(=O)NC3CCCC3)c2)cc1)c1ccc2nccn2c1. The molecule has 0 spiro atoms. The van der Waals surface area contributed by atoms with E-state index in [0.717, 1.165) is 36.9 Å². The molecule has 4 aromatic rings. The minimum absolute atomic E-state index is 0.0671. The number of hydrogen-bond acceptors (Lipinski definition) is 5. The Kier molecular flexibility index (Phi) is 6.56. The van der Waals surface area contributed by atoms with Crippen molar-refractivity contribution in [2.45, 2.75) is 48.1 Å². The monoisotopic (exact) mass is 502 g/mol. The number of benzene rings is 2. The van der Waals surface area contributed by atoms with Crippen molar-refractivity contribution in [3.63, 3.8) is 0 Å². The highest BCUT2D eigenvalue weighted by atomic mass is 32.2. The maximum absolute atomic E-state index is 13.2. The summed E-state index contributed by atoms with van der Waals surface area (Å²) < 4.78 is 28.1. The third-order valence-electron chi connectivity index (χ3n) is 6.43. The van der Waals surface area contributed by atoms with Crippen LogP contribution in [0.3, 0.4) is 0 Å². The Hall–Kier alpha value is -3.98. The van der Waals surface area contributed by atoms with E-state index < -0.39 is 9.84 Å². The number of imidazole rings is 1. The fourth-order valence-electron chi connectivity index (χ4n) is 4.40. The number of amides is 2. The van der Waals surface area contributed by atoms with E-state index >= 15 is 0 Å². The van der Waals surface area contributed by atoms with Gasteiger partial charge in [-0.1, -0.05) is 31.0 Å². The van der Waals surface area contributed by atoms with Crippen LogP contribution in [0.25, 0.3) is 5.65 Å². The number of nitrogens with zero attached hydrogens (tertiary/aromatic N) is 2. The Morgan fingerprint density at radius 3 is 2.47 bits per heavy atom. The van der Waals surface area contributed by atoms with Crippen LogP contribution in [0.15, 0.2) is 89.0 Å². The highest BCUT2D eigenvalue weighted by molar-refractivity contribution is 7.91. The molecule has 2 heterocycles. The Bertz CT molecular complexity index is 1520. The van der Waals surface area contributed by atoms with E-state index in [4.69, 9.17) is 0 Å². The van der Waals surface area contributed by atoms with Crippen molar-refractivity contribution in [2.75, 3.05) is 0 Å². The van der Waals surface area contributed by atoms with Gasteiger partial charge in [-0.05, 0) is 60.9 Å². The lowest BCUT2D eigenvalue weighted by Gasteiger charge is -2.13. The average molecular weight is 503 g/mol. The van der Waals surface area contributed by atoms with Gasteiger partial charge in [0.1, 0.15) is 5.65 Å². The second-order valence-electron chi connectivity index (χ2n) is 8.92. The Morgan fingerprint density at radius 2 is 1.69 bits per heavy atom. The summed E-state index contributed by atoms with van der Waals surface area (Å²) in [6.45, 7) is 0.248. The Labute approximate surface area is 209 Å². The fraction of sp³-hybridized carbons (Fsp3) is 0.222. The quantitative estimate of drug-likeness (QED) is 0.400. The summed E-state index contributed by atoms with van der Waals surface area (Å²) in [5.74, 6) is -0.493. The molecule has 1 aliphatic carbocycles. The van der Waals surface area contributed by atoms with Crippen LogP contribution in [0.5, 0.6) is 0 Å². The van der Waals surface area contributed by atoms with Crippen molar-refractivity contribution < 1.29 is 18.0 Å². The molecule has 5 rings (SSSR count). The first-order valence-corrected chi connectivity index (χ1v) is 13.3. The zero-order valence-corrected chi connectivity index (χ0v) is 20.4. The number of nitrogens with one attached hydrogen (secondary N) is 2. The van der Waals surface area contributed by atoms with Crippen LogP contribution in [0.4, 0.5) is 0 Å². The van der Waals surface area contributed by atoms with E-state index in [1.165, 1.54) is 24.3 Å². The first-order valence-electron chi connectivity index (χ1n) is 11.9. The molecule has 9 heteroatoms. The molecule has 184 valence electrons. The zero-order valence-electron chi connectivity index (χ0n) is 19.6. The number of carbonyl (C=O) groups is 2. The number of fused-ring (bicyclic) bond motifs is 1. The van der Waals surface area contributed by atoms with Crippen LogP contribution < -0.4 is 10.6 Å². The molecule has 1 saturated carbocycles. The van der Waals surface area contributed by atoms with Crippen LogP contribution in [0.1, 0.15) is 52.0 Å². The highest BCUT2D eigenvalue weighted by Crippen LogP contribution is 2.23. The van der Waals surface area contributed by atoms with Crippen molar-refractivity contribution in [2.24, 2.45) is 0 Å². The largest absolute Gasteiger partial charge is 0.349 e. The van der Waals surface area contributed by atoms with E-state index in [1.54, 1.807) is 59.4 Å². The molecule has 2 aromatic heterocycles. The standard InChI is InChI=1S/C27H26N4O4S/c32-26(21-10-13-25-28-14-15-31(25)18-21)29-17-19-8-11-23(12-9-19)36(34,35)24-7-3-4-20(16-24)27(33)30-22-5-1-2-6-22/h3-4,7-16,18,22H,1-2,5-6,17H2,(H,29,32)(H,30,33). The van der Waals surface area contributed by atoms with Crippen molar-refractivity contribution in [3.8, 4) is 0 Å². The van der Waals surface area contributed by atoms with Crippen LogP contribution in [0.2, 0.25) is 0 Å². The van der Waals surface area contributed by atoms with Gasteiger partial charge in [-0.25, -0.2) is 13.4 Å². The van der Waals surface area contributed by atoms with E-state index in [1.807, 2.05) is 0 Å². The van der Waals surface area contributed by atoms with E-state index in [-0.39, 0.29) is 34.2 Å². The molecule has 1 aliphatic rings. The number of aromatic nitrogens is 2. The van der Waals surface area contributed by atoms with E-state index in [0.29, 0.717) is 11.1 Å². The lowest BCUT2D eigenvalue weighted by molar-refractivity contribution is 0.0933. The molecule has 2 N–H and O–H groups in total. The molecule has 2 amide bonds. The summed E-state index contributed by atoms with van der Waals surface area (Å²) in [5.41, 5.74) is 2.34. The molecule has 0 saturated heterocycles. The summed E-state index contributed by atoms with van der Waals surface area (Å²) in [6.07, 6.45) is 9.24. The fourth-order valence-corrected chi connectivity index (χ4v) is 5.71. The van der Waals surface area contributed by atoms with Crippen molar-refractivity contribution >= 4 is 27.3 Å². The number of hydrogen-bond donors (Lipinski definition) is 2. The molecule has 36 heavy (non-hydrogen) atoms. The van der Waals surface area contributed by atoms with Crippen LogP contribution >= 0.6 is 0 Å². The molecule has 0 bridgehead atoms. The zero-order chi connectivity index (χ0) is 25.1. The number of carbonyl (C=O) groups excluding carboxylic acids is 2. The molecule has 0 aliphatic heterocycles. The van der Waals surface area contributed by atoms with Gasteiger partial charge in [-0.3, -0.25) is 9.59 Å². The smallest absolute Gasteiger partial charge is 0.253 e. The summed E-state index contributed by atoms with van der Waals surface area (Å²) in [4.78, 5) is 29.5. The van der Waals surface area contributed by atoms with Gasteiger partial charge in [-0.2, -0.15) is 0 Å². The normalized spacial score (nSPS) is 14.1. The third kappa shape index (κ3) is 5.01. The van der Waals surface area contributed by atoms with Crippen LogP contribution in [0, 0.1) is 0 Å². The maximum Gasteiger partial charge on any atom is 0.253 e. The van der Waals surface area contributed by atoms with Gasteiger partial charge in [0.15, 0.2) is 0 Å². The van der Waals surface area contributed by atoms with E-state index in [2.05, 4.69) is 15.6 Å². The lowest BCUT2D eigenvalue weighted by atomic mass is 10.2. The number of sulfone groups is 1. The van der Waals surface area contributed by atoms with Gasteiger partial charge < -0.3 is 15.0 Å². The minimum atomic E-state index is -3.80. The molecule has 8 nitrogen and oxygen atoms in total. The third-order valence-corrected chi connectivity index (χ3v) is 8.20. The molecule has 1 fully saturated rings. The second kappa shape index (κ2) is 9.94. The summed E-state index contributed by atoms with van der Waals surface area (Å²) in [7, 11) is -3.80. The Morgan fingerprint density at radius 1 is 0.917 bits per heavy atom. The topological polar surface area (TPSA) is 110 Å². The number of rotatable bonds is 7. The molecule has 0 atom stereocenters. The molecule has 0 radical (unpaired) electrons. The second-order valence-corrected chi connectivity index (χ2v) is 10.9. The van der Waals surface area contributed by atoms with Gasteiger partial charge in [0, 0.05) is 36.7 Å². The van der Waals surface area contributed by atoms with Gasteiger partial charge in [0.25, 0.3) is 11.8 Å². The molecular formula is C27H26N4O4S. The number of pyridine rings is 1. The van der Waals surface area contributed by atoms with Gasteiger partial charge in [0.2, 0.25) is 9.84 Å². The van der Waals surface area contributed by atoms with Gasteiger partial charge in [-0.15, -0.1) is 0 Å². The maximum atomic E-state index is 13.2. The van der Waals surface area contributed by atoms with Gasteiger partial charge in [0.05, 0.1) is 15.4 Å². The summed E-state index contributed by atoms with van der Waals surface area (Å²) in [6, 6.07) is 16.1. The van der Waals surface area contributed by atoms with Crippen molar-refractivity contribution in [1.82, 2.24) is 20.0 Å². The van der Waals surface area contributed by atoms with Gasteiger partial charge >= 0.3 is 0 Å². The highest BCUT2D eigenvalue weighted by Gasteiger charge is 2.21. The van der Waals surface area contributed by atoms with Crippen molar-refractivity contribution in [1.29, 1.82) is 0 Å². The first kappa shape index (κ1) is 23.7. The van der Waals surface area contributed by atoms with Crippen LogP contribution in [-0.4, -0.2) is 35.7 Å². The van der Waals surface area contributed by atoms with Crippen LogP contribution in [-0.2, 0) is 16.4 Å². The minimum Gasteiger partial charge on any atom is -0.349 e. The predicted molar refractivity (Wildman–Crippen MR) is 134 cm³/mol. The summed E-state index contributed by atoms with van der Waals surface area (Å²) >= 11 is 0. The van der Waals surface area contributed by atoms with Crippen molar-refractivity contribution in [3.05, 3.63) is 95.9 Å². The Balaban J connectivity index is 1.25. The average Bonchev–Trinajstić information content (AvgIpc) is 3.59. The predicted octanol–water partition coefficient (Wildman–Crippen LogP) is 3.77. The lowest BCUT2D eigenvalue weighted by Crippen LogP contribution is -2.32. The van der Waals surface area contributed by atoms with E-state index in [9.17, 15) is 18.0 Å². The molecule has 2 aromatic carbocycles.